The Morgan fingerprint density at radius 3 is 2.71 bits per heavy atom. The van der Waals surface area contributed by atoms with Gasteiger partial charge in [-0.05, 0) is 19.3 Å². The molecule has 78 valence electrons. The summed E-state index contributed by atoms with van der Waals surface area (Å²) in [4.78, 5) is 0. The fourth-order valence-electron chi connectivity index (χ4n) is 2.38. The third-order valence-electron chi connectivity index (χ3n) is 3.18. The third-order valence-corrected chi connectivity index (χ3v) is 3.18. The first kappa shape index (κ1) is 9.56. The van der Waals surface area contributed by atoms with Crippen LogP contribution in [0.5, 0.6) is 0 Å². The van der Waals surface area contributed by atoms with Crippen LogP contribution >= 0.6 is 0 Å². The zero-order valence-electron chi connectivity index (χ0n) is 8.75. The number of nitrogens with two attached hydrogens (primary N) is 1. The van der Waals surface area contributed by atoms with Gasteiger partial charge in [0.25, 0.3) is 0 Å². The van der Waals surface area contributed by atoms with Crippen molar-refractivity contribution in [3.05, 3.63) is 11.3 Å². The minimum Gasteiger partial charge on any atom is -0.381 e. The van der Waals surface area contributed by atoms with Crippen LogP contribution in [0.1, 0.15) is 56.3 Å². The molecule has 0 bridgehead atoms. The van der Waals surface area contributed by atoms with Gasteiger partial charge in [0.15, 0.2) is 5.82 Å². The molecule has 1 heterocycles. The molecule has 1 aliphatic rings. The van der Waals surface area contributed by atoms with E-state index in [1.54, 1.807) is 0 Å². The van der Waals surface area contributed by atoms with Crippen molar-refractivity contribution in [2.24, 2.45) is 0 Å². The fraction of sp³-hybridized carbons (Fsp3) is 0.727. The molecule has 0 atom stereocenters. The van der Waals surface area contributed by atoms with Gasteiger partial charge in [-0.1, -0.05) is 31.3 Å². The summed E-state index contributed by atoms with van der Waals surface area (Å²) in [5, 5.41) is 3.87. The lowest BCUT2D eigenvalue weighted by atomic mass is 9.86. The van der Waals surface area contributed by atoms with Gasteiger partial charge in [0.05, 0.1) is 0 Å². The van der Waals surface area contributed by atoms with Crippen molar-refractivity contribution in [3.8, 4) is 0 Å². The zero-order chi connectivity index (χ0) is 9.97. The SMILES string of the molecule is CCc1c(N)noc1C1CCCCC1. The van der Waals surface area contributed by atoms with Crippen LogP contribution in [0.2, 0.25) is 0 Å². The van der Waals surface area contributed by atoms with Crippen molar-refractivity contribution in [2.75, 3.05) is 5.73 Å². The molecule has 2 N–H and O–H groups in total. The lowest BCUT2D eigenvalue weighted by Crippen LogP contribution is -2.06. The first-order chi connectivity index (χ1) is 6.83. The minimum absolute atomic E-state index is 0.573. The smallest absolute Gasteiger partial charge is 0.170 e. The third kappa shape index (κ3) is 1.63. The molecule has 1 aliphatic carbocycles. The molecule has 1 aromatic heterocycles. The summed E-state index contributed by atoms with van der Waals surface area (Å²) < 4.78 is 5.35. The van der Waals surface area contributed by atoms with E-state index in [2.05, 4.69) is 12.1 Å². The average molecular weight is 194 g/mol. The van der Waals surface area contributed by atoms with Crippen LogP contribution in [-0.4, -0.2) is 5.16 Å². The molecular formula is C11H18N2O. The van der Waals surface area contributed by atoms with E-state index < -0.39 is 0 Å². The van der Waals surface area contributed by atoms with E-state index in [0.29, 0.717) is 11.7 Å². The molecule has 1 aromatic rings. The predicted octanol–water partition coefficient (Wildman–Crippen LogP) is 2.87. The van der Waals surface area contributed by atoms with Crippen molar-refractivity contribution in [2.45, 2.75) is 51.4 Å². The highest BCUT2D eigenvalue weighted by Gasteiger charge is 2.23. The Kier molecular flexibility index (Phi) is 2.75. The summed E-state index contributed by atoms with van der Waals surface area (Å²) in [5.74, 6) is 2.22. The summed E-state index contributed by atoms with van der Waals surface area (Å²) in [6.45, 7) is 2.11. The summed E-state index contributed by atoms with van der Waals surface area (Å²) in [6.07, 6.45) is 7.40. The van der Waals surface area contributed by atoms with Crippen LogP contribution in [0.15, 0.2) is 4.52 Å². The summed E-state index contributed by atoms with van der Waals surface area (Å²) in [6, 6.07) is 0. The number of hydrogen-bond acceptors (Lipinski definition) is 3. The van der Waals surface area contributed by atoms with E-state index in [4.69, 9.17) is 10.3 Å². The van der Waals surface area contributed by atoms with Gasteiger partial charge >= 0.3 is 0 Å². The van der Waals surface area contributed by atoms with Crippen molar-refractivity contribution < 1.29 is 4.52 Å². The molecule has 0 saturated heterocycles. The van der Waals surface area contributed by atoms with Crippen LogP contribution < -0.4 is 5.73 Å². The van der Waals surface area contributed by atoms with Crippen LogP contribution in [-0.2, 0) is 6.42 Å². The number of rotatable bonds is 2. The van der Waals surface area contributed by atoms with Crippen molar-refractivity contribution in [3.63, 3.8) is 0 Å². The number of anilines is 1. The van der Waals surface area contributed by atoms with Crippen LogP contribution in [0.25, 0.3) is 0 Å². The highest BCUT2D eigenvalue weighted by Crippen LogP contribution is 2.36. The molecule has 0 amide bonds. The van der Waals surface area contributed by atoms with E-state index in [1.165, 1.54) is 32.1 Å². The molecule has 2 rings (SSSR count). The largest absolute Gasteiger partial charge is 0.381 e. The van der Waals surface area contributed by atoms with Crippen molar-refractivity contribution in [1.82, 2.24) is 5.16 Å². The van der Waals surface area contributed by atoms with Crippen molar-refractivity contribution >= 4 is 5.82 Å². The summed E-state index contributed by atoms with van der Waals surface area (Å²) in [5.41, 5.74) is 6.89. The molecule has 3 nitrogen and oxygen atoms in total. The maximum absolute atomic E-state index is 5.75. The second-order valence-corrected chi connectivity index (χ2v) is 4.10. The van der Waals surface area contributed by atoms with Crippen molar-refractivity contribution in [1.29, 1.82) is 0 Å². The Morgan fingerprint density at radius 2 is 2.07 bits per heavy atom. The molecule has 0 unspecified atom stereocenters. The second-order valence-electron chi connectivity index (χ2n) is 4.10. The molecule has 14 heavy (non-hydrogen) atoms. The first-order valence-electron chi connectivity index (χ1n) is 5.56. The highest BCUT2D eigenvalue weighted by atomic mass is 16.5. The van der Waals surface area contributed by atoms with E-state index in [0.717, 1.165) is 17.7 Å². The number of nitrogens with zero attached hydrogens (tertiary/aromatic N) is 1. The van der Waals surface area contributed by atoms with E-state index in [1.807, 2.05) is 0 Å². The number of aromatic nitrogens is 1. The van der Waals surface area contributed by atoms with Gasteiger partial charge in [-0.3, -0.25) is 0 Å². The molecule has 1 saturated carbocycles. The maximum atomic E-state index is 5.75. The fourth-order valence-corrected chi connectivity index (χ4v) is 2.38. The van der Waals surface area contributed by atoms with Gasteiger partial charge in [0, 0.05) is 11.5 Å². The predicted molar refractivity (Wildman–Crippen MR) is 56.1 cm³/mol. The van der Waals surface area contributed by atoms with Crippen LogP contribution in [0.3, 0.4) is 0 Å². The molecule has 0 spiro atoms. The Hall–Kier alpha value is -0.990. The topological polar surface area (TPSA) is 52.0 Å². The van der Waals surface area contributed by atoms with Gasteiger partial charge in [-0.2, -0.15) is 0 Å². The molecular weight excluding hydrogens is 176 g/mol. The highest BCUT2D eigenvalue weighted by molar-refractivity contribution is 5.41. The molecule has 0 aromatic carbocycles. The summed E-state index contributed by atoms with van der Waals surface area (Å²) in [7, 11) is 0. The molecule has 3 heteroatoms. The summed E-state index contributed by atoms with van der Waals surface area (Å²) >= 11 is 0. The van der Waals surface area contributed by atoms with Gasteiger partial charge in [0.1, 0.15) is 5.76 Å². The molecule has 0 radical (unpaired) electrons. The van der Waals surface area contributed by atoms with Gasteiger partial charge in [0.2, 0.25) is 0 Å². The maximum Gasteiger partial charge on any atom is 0.170 e. The Morgan fingerprint density at radius 1 is 1.36 bits per heavy atom. The Balaban J connectivity index is 2.21. The molecule has 1 fully saturated rings. The monoisotopic (exact) mass is 194 g/mol. The second kappa shape index (κ2) is 4.03. The molecule has 0 aliphatic heterocycles. The van der Waals surface area contributed by atoms with E-state index in [9.17, 15) is 0 Å². The first-order valence-corrected chi connectivity index (χ1v) is 5.56. The zero-order valence-corrected chi connectivity index (χ0v) is 8.75. The van der Waals surface area contributed by atoms with Gasteiger partial charge < -0.3 is 10.3 Å². The van der Waals surface area contributed by atoms with Gasteiger partial charge in [-0.15, -0.1) is 0 Å². The number of hydrogen-bond donors (Lipinski definition) is 1. The van der Waals surface area contributed by atoms with E-state index in [-0.39, 0.29) is 0 Å². The van der Waals surface area contributed by atoms with Crippen LogP contribution in [0.4, 0.5) is 5.82 Å². The lowest BCUT2D eigenvalue weighted by molar-refractivity contribution is 0.320. The average Bonchev–Trinajstić information content (AvgIpc) is 2.61. The van der Waals surface area contributed by atoms with E-state index >= 15 is 0 Å². The Bertz CT molecular complexity index is 300. The standard InChI is InChI=1S/C11H18N2O/c1-2-9-10(14-13-11(9)12)8-6-4-3-5-7-8/h8H,2-7H2,1H3,(H2,12,13). The van der Waals surface area contributed by atoms with Crippen LogP contribution in [0, 0.1) is 0 Å². The quantitative estimate of drug-likeness (QED) is 0.787. The van der Waals surface area contributed by atoms with Gasteiger partial charge in [-0.25, -0.2) is 0 Å². The lowest BCUT2D eigenvalue weighted by Gasteiger charge is -2.19. The number of nitrogen functional groups attached to an aromatic ring is 1. The normalized spacial score (nSPS) is 18.6. The Labute approximate surface area is 84.7 Å². The minimum atomic E-state index is 0.573.